The van der Waals surface area contributed by atoms with Crippen LogP contribution in [0.25, 0.3) is 0 Å². The maximum Gasteiger partial charge on any atom is 0.335 e. The van der Waals surface area contributed by atoms with Gasteiger partial charge in [0.05, 0.1) is 38.8 Å². The third kappa shape index (κ3) is 12.0. The second-order valence-electron chi connectivity index (χ2n) is 10.1. The van der Waals surface area contributed by atoms with Gasteiger partial charge < -0.3 is 23.8 Å². The molecule has 4 N–H and O–H groups in total. The molecule has 0 aliphatic rings. The Morgan fingerprint density at radius 3 is 1.94 bits per heavy atom. The first-order valence-corrected chi connectivity index (χ1v) is 18.4. The highest BCUT2D eigenvalue weighted by Gasteiger charge is 2.27. The molecule has 0 radical (unpaired) electrons. The van der Waals surface area contributed by atoms with Crippen LogP contribution >= 0.6 is 11.6 Å². The zero-order valence-electron chi connectivity index (χ0n) is 29.3. The third-order valence-electron chi connectivity index (χ3n) is 6.05. The fourth-order valence-corrected chi connectivity index (χ4v) is 5.99. The molecule has 0 fully saturated rings. The van der Waals surface area contributed by atoms with Crippen molar-refractivity contribution >= 4 is 61.5 Å². The van der Waals surface area contributed by atoms with Gasteiger partial charge in [-0.1, -0.05) is 12.1 Å². The molecule has 0 aliphatic carbocycles. The van der Waals surface area contributed by atoms with Crippen molar-refractivity contribution in [3.8, 4) is 23.5 Å². The topological polar surface area (TPSA) is 285 Å². The summed E-state index contributed by atoms with van der Waals surface area (Å²) in [5.74, 6) is -0.274. The molecule has 0 saturated carbocycles. The van der Waals surface area contributed by atoms with Gasteiger partial charge in [0, 0.05) is 20.3 Å². The Hall–Kier alpha value is -6.14. The maximum atomic E-state index is 12.5. The quantitative estimate of drug-likeness (QED) is 0.139. The number of benzene rings is 1. The zero-order valence-corrected chi connectivity index (χ0v) is 31.7. The summed E-state index contributed by atoms with van der Waals surface area (Å²) in [5, 5.41) is 3.78. The van der Waals surface area contributed by atoms with E-state index < -0.39 is 43.0 Å². The number of alkyl halides is 1. The molecule has 25 heteroatoms. The molecule has 0 bridgehead atoms. The van der Waals surface area contributed by atoms with E-state index in [1.165, 1.54) is 82.9 Å². The molecule has 0 spiro atoms. The van der Waals surface area contributed by atoms with Crippen LogP contribution < -0.4 is 39.0 Å². The summed E-state index contributed by atoms with van der Waals surface area (Å²) in [7, 11) is -1.70. The van der Waals surface area contributed by atoms with E-state index in [-0.39, 0.29) is 64.2 Å². The van der Waals surface area contributed by atoms with Crippen LogP contribution in [0.15, 0.2) is 58.6 Å². The van der Waals surface area contributed by atoms with Crippen molar-refractivity contribution in [3.05, 3.63) is 60.0 Å². The highest BCUT2D eigenvalue weighted by molar-refractivity contribution is 7.90. The number of pyridine rings is 1. The predicted octanol–water partition coefficient (Wildman–Crippen LogP) is 1.42. The number of nitrogens with one attached hydrogen (secondary N) is 4. The van der Waals surface area contributed by atoms with E-state index in [9.17, 15) is 31.2 Å². The lowest BCUT2D eigenvalue weighted by atomic mass is 10.2. The number of para-hydroxylation sites is 1. The molecule has 4 rings (SSSR count). The second-order valence-corrected chi connectivity index (χ2v) is 13.8. The predicted molar refractivity (Wildman–Crippen MR) is 190 cm³/mol. The molecule has 0 unspecified atom stereocenters. The summed E-state index contributed by atoms with van der Waals surface area (Å²) in [6, 6.07) is 7.69. The van der Waals surface area contributed by atoms with Crippen LogP contribution in [0.2, 0.25) is 0 Å². The Morgan fingerprint density at radius 1 is 0.778 bits per heavy atom. The number of amides is 5. The minimum Gasteiger partial charge on any atom is -0.491 e. The standard InChI is InChI=1S/C15H18N6O6S.C14H16ClN5O5S/c1-21(2)13(22)9-6-5-7-16-12(9)28(24,25)20-15(23)19-14-17-10(26-3)8-11(18-14)27-4;1-9-16-12(19-14(17-9)24-2)18-13(21)20-26(22,23)11-6-4-3-5-10(11)25-8-7-15/h5-8H,1-4H3,(H2,17,18,19,20,23);3-6H,7-8H2,1-2H3,(H2,16,17,18,19,20,21). The average molecular weight is 812 g/mol. The first kappa shape index (κ1) is 42.3. The number of halogens is 1. The molecule has 3 heterocycles. The largest absolute Gasteiger partial charge is 0.491 e. The van der Waals surface area contributed by atoms with Gasteiger partial charge in [0.25, 0.3) is 26.0 Å². The Morgan fingerprint density at radius 2 is 1.37 bits per heavy atom. The van der Waals surface area contributed by atoms with Gasteiger partial charge in [-0.15, -0.1) is 11.6 Å². The number of urea groups is 2. The number of carbonyl (C=O) groups excluding carboxylic acids is 3. The second kappa shape index (κ2) is 19.1. The van der Waals surface area contributed by atoms with Gasteiger partial charge in [0.1, 0.15) is 23.1 Å². The SMILES string of the molecule is COc1cc(OC)nc(NC(=O)NS(=O)(=O)c2ncccc2C(=O)N(C)C)n1.COc1nc(C)nc(NC(=O)NS(=O)(=O)c2ccccc2OCCCl)n1. The zero-order chi connectivity index (χ0) is 40.1. The van der Waals surface area contributed by atoms with Crippen molar-refractivity contribution in [2.45, 2.75) is 16.8 Å². The summed E-state index contributed by atoms with van der Waals surface area (Å²) in [5.41, 5.74) is -0.188. The van der Waals surface area contributed by atoms with Gasteiger partial charge in [0.2, 0.25) is 23.7 Å². The van der Waals surface area contributed by atoms with E-state index in [1.807, 2.05) is 4.72 Å². The number of anilines is 2. The Bertz CT molecular complexity index is 2170. The molecule has 0 aliphatic heterocycles. The molecular formula is C29H34ClN11O11S2. The summed E-state index contributed by atoms with van der Waals surface area (Å²) in [6.07, 6.45) is 1.19. The van der Waals surface area contributed by atoms with Gasteiger partial charge in [-0.05, 0) is 31.2 Å². The normalized spacial score (nSPS) is 10.8. The molecule has 290 valence electrons. The molecule has 0 saturated heterocycles. The number of nitrogens with zero attached hydrogens (tertiary/aromatic N) is 7. The molecule has 4 aromatic rings. The number of sulfonamides is 2. The smallest absolute Gasteiger partial charge is 0.335 e. The molecule has 22 nitrogen and oxygen atoms in total. The minimum atomic E-state index is -4.46. The number of carbonyl (C=O) groups is 3. The van der Waals surface area contributed by atoms with Gasteiger partial charge in [-0.3, -0.25) is 15.4 Å². The van der Waals surface area contributed by atoms with E-state index >= 15 is 0 Å². The molecule has 5 amide bonds. The number of aryl methyl sites for hydroxylation is 1. The van der Waals surface area contributed by atoms with Crippen LogP contribution in [0.4, 0.5) is 21.5 Å². The lowest BCUT2D eigenvalue weighted by Crippen LogP contribution is -2.36. The summed E-state index contributed by atoms with van der Waals surface area (Å²) >= 11 is 5.55. The summed E-state index contributed by atoms with van der Waals surface area (Å²) < 4.78 is 73.6. The van der Waals surface area contributed by atoms with Gasteiger partial charge in [-0.2, -0.15) is 33.3 Å². The van der Waals surface area contributed by atoms with E-state index in [1.54, 1.807) is 17.7 Å². The summed E-state index contributed by atoms with van der Waals surface area (Å²) in [4.78, 5) is 60.3. The van der Waals surface area contributed by atoms with E-state index in [0.29, 0.717) is 0 Å². The first-order valence-electron chi connectivity index (χ1n) is 14.9. The number of hydrogen-bond acceptors (Lipinski definition) is 17. The molecule has 0 atom stereocenters. The molecule has 3 aromatic heterocycles. The number of aromatic nitrogens is 6. The highest BCUT2D eigenvalue weighted by atomic mass is 35.5. The lowest BCUT2D eigenvalue weighted by Gasteiger charge is -2.14. The van der Waals surface area contributed by atoms with Crippen LogP contribution in [0.5, 0.6) is 23.5 Å². The fourth-order valence-electron chi connectivity index (χ4n) is 3.82. The van der Waals surface area contributed by atoms with Crippen molar-refractivity contribution in [1.82, 2.24) is 44.2 Å². The monoisotopic (exact) mass is 811 g/mol. The average Bonchev–Trinajstić information content (AvgIpc) is 3.12. The molecule has 1 aromatic carbocycles. The first-order chi connectivity index (χ1) is 25.5. The minimum absolute atomic E-state index is 0.0181. The van der Waals surface area contributed by atoms with Crippen molar-refractivity contribution in [3.63, 3.8) is 0 Å². The Balaban J connectivity index is 0.000000291. The van der Waals surface area contributed by atoms with Crippen molar-refractivity contribution < 1.29 is 50.2 Å². The number of ether oxygens (including phenoxy) is 4. The Kier molecular flexibility index (Phi) is 14.9. The Labute approximate surface area is 314 Å². The summed E-state index contributed by atoms with van der Waals surface area (Å²) in [6.45, 7) is 1.68. The lowest BCUT2D eigenvalue weighted by molar-refractivity contribution is 0.0823. The van der Waals surface area contributed by atoms with Crippen LogP contribution in [0.3, 0.4) is 0 Å². The number of rotatable bonds is 13. The van der Waals surface area contributed by atoms with Crippen LogP contribution in [-0.4, -0.2) is 118 Å². The van der Waals surface area contributed by atoms with Gasteiger partial charge >= 0.3 is 18.1 Å². The van der Waals surface area contributed by atoms with Gasteiger partial charge in [-0.25, -0.2) is 32.4 Å². The third-order valence-corrected chi connectivity index (χ3v) is 8.86. The maximum absolute atomic E-state index is 12.5. The van der Waals surface area contributed by atoms with E-state index in [4.69, 9.17) is 30.5 Å². The fraction of sp³-hybridized carbons (Fsp3) is 0.276. The molecular weight excluding hydrogens is 778 g/mol. The van der Waals surface area contributed by atoms with Crippen molar-refractivity contribution in [1.29, 1.82) is 0 Å². The van der Waals surface area contributed by atoms with Gasteiger partial charge in [0.15, 0.2) is 5.03 Å². The molecule has 54 heavy (non-hydrogen) atoms. The van der Waals surface area contributed by atoms with E-state index in [2.05, 4.69) is 40.5 Å². The number of hydrogen-bond donors (Lipinski definition) is 4. The number of methoxy groups -OCH3 is 3. The highest BCUT2D eigenvalue weighted by Crippen LogP contribution is 2.23. The van der Waals surface area contributed by atoms with E-state index in [0.717, 1.165) is 0 Å². The van der Waals surface area contributed by atoms with Crippen LogP contribution in [-0.2, 0) is 20.0 Å². The van der Waals surface area contributed by atoms with Crippen molar-refractivity contribution in [2.24, 2.45) is 0 Å². The van der Waals surface area contributed by atoms with Crippen LogP contribution in [0.1, 0.15) is 16.2 Å². The van der Waals surface area contributed by atoms with Crippen LogP contribution in [0, 0.1) is 6.92 Å². The van der Waals surface area contributed by atoms with Crippen molar-refractivity contribution in [2.75, 3.05) is 58.5 Å².